The van der Waals surface area contributed by atoms with Crippen LogP contribution in [-0.4, -0.2) is 23.4 Å². The Labute approximate surface area is 95.1 Å². The number of carbonyl (C=O) groups is 1. The van der Waals surface area contributed by atoms with Crippen molar-refractivity contribution >= 4 is 22.3 Å². The second kappa shape index (κ2) is 3.93. The second-order valence-electron chi connectivity index (χ2n) is 4.70. The molecule has 0 aliphatic rings. The van der Waals surface area contributed by atoms with E-state index in [9.17, 15) is 4.79 Å². The van der Waals surface area contributed by atoms with Gasteiger partial charge in [-0.25, -0.2) is 4.98 Å². The molecule has 84 valence electrons. The molecule has 0 aliphatic heterocycles. The number of rotatable bonds is 2. The first-order chi connectivity index (χ1) is 6.73. The summed E-state index contributed by atoms with van der Waals surface area (Å²) < 4.78 is 0. The molecule has 1 aromatic heterocycles. The fourth-order valence-electron chi connectivity index (χ4n) is 1.14. The van der Waals surface area contributed by atoms with E-state index >= 15 is 0 Å². The van der Waals surface area contributed by atoms with Gasteiger partial charge in [0.05, 0.1) is 10.6 Å². The Hall–Kier alpha value is -0.900. The second-order valence-corrected chi connectivity index (χ2v) is 5.67. The lowest BCUT2D eigenvalue weighted by Crippen LogP contribution is -2.37. The van der Waals surface area contributed by atoms with Crippen molar-refractivity contribution < 1.29 is 4.79 Å². The van der Waals surface area contributed by atoms with Gasteiger partial charge in [0, 0.05) is 19.5 Å². The number of anilines is 1. The molecule has 1 rings (SSSR count). The van der Waals surface area contributed by atoms with Crippen LogP contribution in [-0.2, 0) is 0 Å². The molecule has 0 unspecified atom stereocenters. The van der Waals surface area contributed by atoms with Crippen molar-refractivity contribution in [1.29, 1.82) is 0 Å². The van der Waals surface area contributed by atoms with E-state index in [1.54, 1.807) is 6.92 Å². The maximum absolute atomic E-state index is 11.3. The van der Waals surface area contributed by atoms with Gasteiger partial charge in [0.1, 0.15) is 0 Å². The number of aryl methyl sites for hydroxylation is 1. The third kappa shape index (κ3) is 2.56. The number of nitrogens with zero attached hydrogens (tertiary/aromatic N) is 2. The maximum Gasteiger partial charge on any atom is 0.186 e. The summed E-state index contributed by atoms with van der Waals surface area (Å²) >= 11 is 1.47. The maximum atomic E-state index is 11.3. The van der Waals surface area contributed by atoms with Crippen molar-refractivity contribution in [3.8, 4) is 0 Å². The van der Waals surface area contributed by atoms with Gasteiger partial charge in [-0.3, -0.25) is 4.79 Å². The molecule has 0 aromatic carbocycles. The summed E-state index contributed by atoms with van der Waals surface area (Å²) in [5.41, 5.74) is 0.858. The number of aromatic nitrogens is 1. The molecule has 0 N–H and O–H groups in total. The molecule has 0 saturated carbocycles. The van der Waals surface area contributed by atoms with Gasteiger partial charge in [0.25, 0.3) is 0 Å². The summed E-state index contributed by atoms with van der Waals surface area (Å²) in [5.74, 6) is 0.0959. The molecule has 1 aromatic rings. The van der Waals surface area contributed by atoms with Crippen LogP contribution in [0, 0.1) is 6.92 Å². The number of Topliss-reactive ketones (excluding diaryl/α,β-unsaturated/α-hetero) is 1. The molecule has 0 bridgehead atoms. The predicted molar refractivity (Wildman–Crippen MR) is 65.0 cm³/mol. The number of hydrogen-bond acceptors (Lipinski definition) is 4. The molecular weight excluding hydrogens is 208 g/mol. The minimum Gasteiger partial charge on any atom is -0.346 e. The molecular formula is C11H18N2OS. The van der Waals surface area contributed by atoms with Gasteiger partial charge in [-0.15, -0.1) is 0 Å². The molecule has 0 radical (unpaired) electrons. The van der Waals surface area contributed by atoms with E-state index in [0.717, 1.165) is 15.7 Å². The number of carbonyl (C=O) groups excluding carboxylic acids is 1. The zero-order valence-electron chi connectivity index (χ0n) is 10.2. The highest BCUT2D eigenvalue weighted by Gasteiger charge is 2.22. The molecule has 0 spiro atoms. The van der Waals surface area contributed by atoms with Gasteiger partial charge in [-0.2, -0.15) is 0 Å². The predicted octanol–water partition coefficient (Wildman–Crippen LogP) is 2.89. The first kappa shape index (κ1) is 12.2. The fraction of sp³-hybridized carbons (Fsp3) is 0.636. The average Bonchev–Trinajstić information content (AvgIpc) is 2.44. The lowest BCUT2D eigenvalue weighted by Gasteiger charge is -2.31. The molecule has 0 atom stereocenters. The van der Waals surface area contributed by atoms with E-state index in [4.69, 9.17) is 0 Å². The van der Waals surface area contributed by atoms with Crippen molar-refractivity contribution in [2.24, 2.45) is 0 Å². The topological polar surface area (TPSA) is 33.2 Å². The smallest absolute Gasteiger partial charge is 0.186 e. The summed E-state index contributed by atoms with van der Waals surface area (Å²) in [6, 6.07) is 0. The molecule has 0 saturated heterocycles. The van der Waals surface area contributed by atoms with Gasteiger partial charge < -0.3 is 4.90 Å². The Balaban J connectivity index is 3.08. The van der Waals surface area contributed by atoms with E-state index < -0.39 is 0 Å². The largest absolute Gasteiger partial charge is 0.346 e. The van der Waals surface area contributed by atoms with Crippen LogP contribution in [0.1, 0.15) is 43.1 Å². The van der Waals surface area contributed by atoms with Crippen molar-refractivity contribution in [3.05, 3.63) is 10.6 Å². The quantitative estimate of drug-likeness (QED) is 0.727. The van der Waals surface area contributed by atoms with Crippen LogP contribution in [0.4, 0.5) is 5.13 Å². The van der Waals surface area contributed by atoms with Crippen molar-refractivity contribution in [2.75, 3.05) is 11.9 Å². The zero-order valence-corrected chi connectivity index (χ0v) is 11.0. The standard InChI is InChI=1S/C11H18N2OS/c1-7-9(8(2)14)15-10(12-7)13(6)11(3,4)5/h1-6H3. The van der Waals surface area contributed by atoms with E-state index in [1.807, 2.05) is 14.0 Å². The third-order valence-corrected chi connectivity index (χ3v) is 3.73. The van der Waals surface area contributed by atoms with E-state index in [-0.39, 0.29) is 11.3 Å². The molecule has 15 heavy (non-hydrogen) atoms. The van der Waals surface area contributed by atoms with Crippen LogP contribution >= 0.6 is 11.3 Å². The molecule has 0 aliphatic carbocycles. The highest BCUT2D eigenvalue weighted by molar-refractivity contribution is 7.17. The fourth-order valence-corrected chi connectivity index (χ4v) is 2.25. The molecule has 1 heterocycles. The Kier molecular flexibility index (Phi) is 3.19. The highest BCUT2D eigenvalue weighted by Crippen LogP contribution is 2.29. The summed E-state index contributed by atoms with van der Waals surface area (Å²) in [4.78, 5) is 18.6. The zero-order chi connectivity index (χ0) is 11.8. The first-order valence-electron chi connectivity index (χ1n) is 4.95. The Morgan fingerprint density at radius 3 is 2.27 bits per heavy atom. The van der Waals surface area contributed by atoms with Crippen molar-refractivity contribution in [1.82, 2.24) is 4.98 Å². The van der Waals surface area contributed by atoms with Gasteiger partial charge in [0.15, 0.2) is 10.9 Å². The summed E-state index contributed by atoms with van der Waals surface area (Å²) in [7, 11) is 2.00. The van der Waals surface area contributed by atoms with Gasteiger partial charge >= 0.3 is 0 Å². The Morgan fingerprint density at radius 2 is 1.93 bits per heavy atom. The van der Waals surface area contributed by atoms with Crippen LogP contribution in [0.25, 0.3) is 0 Å². The molecule has 3 nitrogen and oxygen atoms in total. The van der Waals surface area contributed by atoms with Gasteiger partial charge in [-0.1, -0.05) is 11.3 Å². The van der Waals surface area contributed by atoms with Gasteiger partial charge in [0.2, 0.25) is 0 Å². The lowest BCUT2D eigenvalue weighted by atomic mass is 10.1. The van der Waals surface area contributed by atoms with Crippen LogP contribution in [0.3, 0.4) is 0 Å². The average molecular weight is 226 g/mol. The first-order valence-corrected chi connectivity index (χ1v) is 5.77. The number of thiazole rings is 1. The Bertz CT molecular complexity index is 376. The van der Waals surface area contributed by atoms with Crippen LogP contribution in [0.5, 0.6) is 0 Å². The van der Waals surface area contributed by atoms with Crippen LogP contribution in [0.15, 0.2) is 0 Å². The van der Waals surface area contributed by atoms with E-state index in [0.29, 0.717) is 0 Å². The lowest BCUT2D eigenvalue weighted by molar-refractivity contribution is 0.102. The highest BCUT2D eigenvalue weighted by atomic mass is 32.1. The number of hydrogen-bond donors (Lipinski definition) is 0. The summed E-state index contributed by atoms with van der Waals surface area (Å²) in [6.07, 6.45) is 0. The SMILES string of the molecule is CC(=O)c1sc(N(C)C(C)(C)C)nc1C. The molecule has 4 heteroatoms. The normalized spacial score (nSPS) is 11.6. The van der Waals surface area contributed by atoms with Gasteiger partial charge in [-0.05, 0) is 27.7 Å². The van der Waals surface area contributed by atoms with Crippen LogP contribution < -0.4 is 4.90 Å². The summed E-state index contributed by atoms with van der Waals surface area (Å²) in [6.45, 7) is 9.83. The Morgan fingerprint density at radius 1 is 1.40 bits per heavy atom. The minimum atomic E-state index is 0.0261. The third-order valence-electron chi connectivity index (χ3n) is 2.40. The molecule has 0 amide bonds. The van der Waals surface area contributed by atoms with Crippen LogP contribution in [0.2, 0.25) is 0 Å². The minimum absolute atomic E-state index is 0.0261. The van der Waals surface area contributed by atoms with Crippen molar-refractivity contribution in [2.45, 2.75) is 40.2 Å². The van der Waals surface area contributed by atoms with Crippen molar-refractivity contribution in [3.63, 3.8) is 0 Å². The summed E-state index contributed by atoms with van der Waals surface area (Å²) in [5, 5.41) is 0.908. The monoisotopic (exact) mass is 226 g/mol. The van der Waals surface area contributed by atoms with E-state index in [2.05, 4.69) is 30.7 Å². The molecule has 0 fully saturated rings. The number of ketones is 1. The van der Waals surface area contributed by atoms with E-state index in [1.165, 1.54) is 11.3 Å².